The average molecular weight is 240 g/mol. The fourth-order valence-electron chi connectivity index (χ4n) is 1.88. The summed E-state index contributed by atoms with van der Waals surface area (Å²) < 4.78 is 5.28. The first-order valence-corrected chi connectivity index (χ1v) is 6.28. The van der Waals surface area contributed by atoms with E-state index in [9.17, 15) is 4.79 Å². The van der Waals surface area contributed by atoms with E-state index in [2.05, 4.69) is 10.6 Å². The fourth-order valence-corrected chi connectivity index (χ4v) is 2.55. The van der Waals surface area contributed by atoms with Crippen LogP contribution in [0.1, 0.15) is 5.56 Å². The molecule has 2 atom stereocenters. The van der Waals surface area contributed by atoms with Gasteiger partial charge in [-0.15, -0.1) is 0 Å². The van der Waals surface area contributed by atoms with Gasteiger partial charge in [-0.05, 0) is 22.4 Å². The van der Waals surface area contributed by atoms with E-state index in [-0.39, 0.29) is 18.1 Å². The first-order valence-electron chi connectivity index (χ1n) is 5.33. The zero-order chi connectivity index (χ0) is 11.4. The first-order chi connectivity index (χ1) is 7.79. The largest absolute Gasteiger partial charge is 0.378 e. The van der Waals surface area contributed by atoms with Crippen LogP contribution in [0.15, 0.2) is 16.8 Å². The van der Waals surface area contributed by atoms with Crippen LogP contribution in [-0.4, -0.2) is 38.3 Å². The molecular weight excluding hydrogens is 224 g/mol. The fraction of sp³-hybridized carbons (Fsp3) is 0.545. The summed E-state index contributed by atoms with van der Waals surface area (Å²) >= 11 is 1.61. The van der Waals surface area contributed by atoms with Gasteiger partial charge in [0.05, 0.1) is 18.6 Å². The molecule has 0 aliphatic carbocycles. The molecule has 0 saturated carbocycles. The molecule has 1 aliphatic rings. The minimum atomic E-state index is 0.0640. The second-order valence-electron chi connectivity index (χ2n) is 3.91. The maximum Gasteiger partial charge on any atom is 0.224 e. The highest BCUT2D eigenvalue weighted by atomic mass is 32.1. The number of rotatable bonds is 4. The standard InChI is InChI=1S/C11H16N2O2S/c1-15-10-6-12-5-9(10)13-11(14)4-8-2-3-16-7-8/h2-3,7,9-10,12H,4-6H2,1H3,(H,13,14). The van der Waals surface area contributed by atoms with Gasteiger partial charge in [-0.25, -0.2) is 0 Å². The van der Waals surface area contributed by atoms with E-state index in [1.54, 1.807) is 18.4 Å². The van der Waals surface area contributed by atoms with Crippen LogP contribution in [0.2, 0.25) is 0 Å². The highest BCUT2D eigenvalue weighted by Crippen LogP contribution is 2.08. The van der Waals surface area contributed by atoms with Crippen molar-refractivity contribution in [1.29, 1.82) is 0 Å². The monoisotopic (exact) mass is 240 g/mol. The zero-order valence-corrected chi connectivity index (χ0v) is 10.0. The molecule has 2 N–H and O–H groups in total. The topological polar surface area (TPSA) is 50.4 Å². The van der Waals surface area contributed by atoms with Crippen molar-refractivity contribution in [3.63, 3.8) is 0 Å². The minimum absolute atomic E-state index is 0.0640. The second-order valence-corrected chi connectivity index (χ2v) is 4.69. The van der Waals surface area contributed by atoms with Gasteiger partial charge in [0.1, 0.15) is 0 Å². The van der Waals surface area contributed by atoms with E-state index in [1.165, 1.54) is 0 Å². The minimum Gasteiger partial charge on any atom is -0.378 e. The first kappa shape index (κ1) is 11.6. The molecule has 1 saturated heterocycles. The number of carbonyl (C=O) groups is 1. The third kappa shape index (κ3) is 2.81. The Hall–Kier alpha value is -0.910. The lowest BCUT2D eigenvalue weighted by Gasteiger charge is -2.18. The van der Waals surface area contributed by atoms with Crippen LogP contribution in [0.4, 0.5) is 0 Å². The van der Waals surface area contributed by atoms with Gasteiger partial charge < -0.3 is 15.4 Å². The molecule has 0 radical (unpaired) electrons. The highest BCUT2D eigenvalue weighted by molar-refractivity contribution is 7.07. The van der Waals surface area contributed by atoms with Crippen LogP contribution < -0.4 is 10.6 Å². The summed E-state index contributed by atoms with van der Waals surface area (Å²) in [4.78, 5) is 11.7. The lowest BCUT2D eigenvalue weighted by molar-refractivity contribution is -0.121. The van der Waals surface area contributed by atoms with Gasteiger partial charge in [0.15, 0.2) is 0 Å². The van der Waals surface area contributed by atoms with Gasteiger partial charge in [0.2, 0.25) is 5.91 Å². The number of amides is 1. The van der Waals surface area contributed by atoms with Gasteiger partial charge in [0, 0.05) is 20.2 Å². The molecule has 2 unspecified atom stereocenters. The number of thiophene rings is 1. The number of ether oxygens (including phenoxy) is 1. The summed E-state index contributed by atoms with van der Waals surface area (Å²) in [7, 11) is 1.68. The van der Waals surface area contributed by atoms with Crippen molar-refractivity contribution in [3.05, 3.63) is 22.4 Å². The Morgan fingerprint density at radius 2 is 2.56 bits per heavy atom. The van der Waals surface area contributed by atoms with Crippen molar-refractivity contribution >= 4 is 17.2 Å². The van der Waals surface area contributed by atoms with Crippen LogP contribution in [-0.2, 0) is 16.0 Å². The average Bonchev–Trinajstić information content (AvgIpc) is 2.88. The van der Waals surface area contributed by atoms with Gasteiger partial charge in [-0.2, -0.15) is 11.3 Å². The summed E-state index contributed by atoms with van der Waals surface area (Å²) in [6.07, 6.45) is 0.544. The van der Waals surface area contributed by atoms with Crippen LogP contribution >= 0.6 is 11.3 Å². The van der Waals surface area contributed by atoms with Crippen LogP contribution in [0, 0.1) is 0 Å². The van der Waals surface area contributed by atoms with Crippen molar-refractivity contribution in [2.45, 2.75) is 18.6 Å². The van der Waals surface area contributed by atoms with Crippen molar-refractivity contribution in [2.24, 2.45) is 0 Å². The smallest absolute Gasteiger partial charge is 0.224 e. The Morgan fingerprint density at radius 1 is 1.69 bits per heavy atom. The van der Waals surface area contributed by atoms with E-state index in [0.717, 1.165) is 18.7 Å². The molecule has 0 aromatic carbocycles. The van der Waals surface area contributed by atoms with Crippen LogP contribution in [0.5, 0.6) is 0 Å². The maximum absolute atomic E-state index is 11.7. The zero-order valence-electron chi connectivity index (χ0n) is 9.23. The van der Waals surface area contributed by atoms with Gasteiger partial charge in [0.25, 0.3) is 0 Å². The molecule has 2 rings (SSSR count). The number of nitrogens with one attached hydrogen (secondary N) is 2. The molecule has 1 aromatic rings. The summed E-state index contributed by atoms with van der Waals surface area (Å²) in [5.74, 6) is 0.0640. The van der Waals surface area contributed by atoms with E-state index in [0.29, 0.717) is 6.42 Å². The Bertz CT molecular complexity index is 340. The lowest BCUT2D eigenvalue weighted by atomic mass is 10.2. The van der Waals surface area contributed by atoms with E-state index in [1.807, 2.05) is 16.8 Å². The molecule has 16 heavy (non-hydrogen) atoms. The Balaban J connectivity index is 1.83. The number of hydrogen-bond donors (Lipinski definition) is 2. The summed E-state index contributed by atoms with van der Waals surface area (Å²) in [6, 6.07) is 2.07. The van der Waals surface area contributed by atoms with E-state index >= 15 is 0 Å². The molecule has 4 nitrogen and oxygen atoms in total. The van der Waals surface area contributed by atoms with Gasteiger partial charge >= 0.3 is 0 Å². The molecule has 2 heterocycles. The predicted octanol–water partition coefficient (Wildman–Crippen LogP) is 0.394. The summed E-state index contributed by atoms with van der Waals surface area (Å²) in [6.45, 7) is 1.59. The molecule has 88 valence electrons. The molecule has 1 aliphatic heterocycles. The lowest BCUT2D eigenvalue weighted by Crippen LogP contribution is -2.44. The van der Waals surface area contributed by atoms with Crippen molar-refractivity contribution in [1.82, 2.24) is 10.6 Å². The second kappa shape index (κ2) is 5.43. The molecule has 5 heteroatoms. The highest BCUT2D eigenvalue weighted by Gasteiger charge is 2.27. The molecule has 0 bridgehead atoms. The third-order valence-electron chi connectivity index (χ3n) is 2.75. The van der Waals surface area contributed by atoms with Crippen molar-refractivity contribution in [3.8, 4) is 0 Å². The number of hydrogen-bond acceptors (Lipinski definition) is 4. The summed E-state index contributed by atoms with van der Waals surface area (Å²) in [5, 5.41) is 10.2. The molecular formula is C11H16N2O2S. The Kier molecular flexibility index (Phi) is 3.93. The van der Waals surface area contributed by atoms with E-state index in [4.69, 9.17) is 4.74 Å². The van der Waals surface area contributed by atoms with Gasteiger partial charge in [-0.1, -0.05) is 0 Å². The summed E-state index contributed by atoms with van der Waals surface area (Å²) in [5.41, 5.74) is 1.07. The van der Waals surface area contributed by atoms with Crippen LogP contribution in [0.3, 0.4) is 0 Å². The van der Waals surface area contributed by atoms with Crippen molar-refractivity contribution < 1.29 is 9.53 Å². The number of methoxy groups -OCH3 is 1. The number of carbonyl (C=O) groups excluding carboxylic acids is 1. The predicted molar refractivity (Wildman–Crippen MR) is 63.6 cm³/mol. The normalized spacial score (nSPS) is 24.6. The molecule has 1 fully saturated rings. The Morgan fingerprint density at radius 3 is 3.25 bits per heavy atom. The quantitative estimate of drug-likeness (QED) is 0.800. The van der Waals surface area contributed by atoms with Crippen LogP contribution in [0.25, 0.3) is 0 Å². The SMILES string of the molecule is COC1CNCC1NC(=O)Cc1ccsc1. The van der Waals surface area contributed by atoms with Crippen molar-refractivity contribution in [2.75, 3.05) is 20.2 Å². The molecule has 0 spiro atoms. The molecule has 1 amide bonds. The maximum atomic E-state index is 11.7. The third-order valence-corrected chi connectivity index (χ3v) is 3.48. The molecule has 1 aromatic heterocycles. The Labute approximate surface area is 99.0 Å². The van der Waals surface area contributed by atoms with E-state index < -0.39 is 0 Å². The van der Waals surface area contributed by atoms with Gasteiger partial charge in [-0.3, -0.25) is 4.79 Å².